The Hall–Kier alpha value is -3.19. The molecule has 0 amide bonds. The minimum absolute atomic E-state index is 0.0767. The maximum atomic E-state index is 13.1. The SMILES string of the molecule is Cc1ccc(-c2cc(-c3ccc(F)cc3)[nH]c(=O)c2C#N)c(C)c1. The van der Waals surface area contributed by atoms with Gasteiger partial charge in [0.1, 0.15) is 17.4 Å². The number of aromatic amines is 1. The third-order valence-electron chi connectivity index (χ3n) is 3.97. The first-order valence-electron chi connectivity index (χ1n) is 7.50. The van der Waals surface area contributed by atoms with E-state index in [0.717, 1.165) is 16.7 Å². The molecule has 0 saturated heterocycles. The van der Waals surface area contributed by atoms with E-state index < -0.39 is 5.56 Å². The number of hydrogen-bond donors (Lipinski definition) is 1. The first-order chi connectivity index (χ1) is 11.5. The number of pyridine rings is 1. The lowest BCUT2D eigenvalue weighted by Gasteiger charge is -2.11. The van der Waals surface area contributed by atoms with E-state index in [1.54, 1.807) is 18.2 Å². The molecule has 3 aromatic rings. The molecular formula is C20H15FN2O. The van der Waals surface area contributed by atoms with Crippen molar-refractivity contribution in [2.45, 2.75) is 13.8 Å². The third-order valence-corrected chi connectivity index (χ3v) is 3.97. The highest BCUT2D eigenvalue weighted by molar-refractivity contribution is 5.77. The summed E-state index contributed by atoms with van der Waals surface area (Å²) in [5.74, 6) is -0.343. The molecule has 3 nitrogen and oxygen atoms in total. The van der Waals surface area contributed by atoms with E-state index in [9.17, 15) is 14.4 Å². The highest BCUT2D eigenvalue weighted by atomic mass is 19.1. The van der Waals surface area contributed by atoms with Crippen LogP contribution in [0.25, 0.3) is 22.4 Å². The van der Waals surface area contributed by atoms with Crippen LogP contribution in [-0.2, 0) is 0 Å². The number of rotatable bonds is 2. The number of nitriles is 1. The number of benzene rings is 2. The van der Waals surface area contributed by atoms with Crippen LogP contribution in [0, 0.1) is 31.0 Å². The average molecular weight is 318 g/mol. The summed E-state index contributed by atoms with van der Waals surface area (Å²) >= 11 is 0. The molecule has 0 fully saturated rings. The quantitative estimate of drug-likeness (QED) is 0.764. The number of nitrogens with zero attached hydrogens (tertiary/aromatic N) is 1. The summed E-state index contributed by atoms with van der Waals surface area (Å²) in [5.41, 5.74) is 4.38. The van der Waals surface area contributed by atoms with Crippen LogP contribution in [0.1, 0.15) is 16.7 Å². The smallest absolute Gasteiger partial charge is 0.266 e. The van der Waals surface area contributed by atoms with Crippen molar-refractivity contribution in [2.75, 3.05) is 0 Å². The Morgan fingerprint density at radius 2 is 1.71 bits per heavy atom. The highest BCUT2D eigenvalue weighted by Gasteiger charge is 2.14. The van der Waals surface area contributed by atoms with E-state index in [2.05, 4.69) is 4.98 Å². The van der Waals surface area contributed by atoms with Gasteiger partial charge >= 0.3 is 0 Å². The van der Waals surface area contributed by atoms with Gasteiger partial charge in [-0.1, -0.05) is 23.8 Å². The van der Waals surface area contributed by atoms with Gasteiger partial charge in [-0.2, -0.15) is 5.26 Å². The van der Waals surface area contributed by atoms with Crippen LogP contribution in [0.3, 0.4) is 0 Å². The van der Waals surface area contributed by atoms with Gasteiger partial charge in [0.15, 0.2) is 0 Å². The van der Waals surface area contributed by atoms with E-state index in [1.165, 1.54) is 12.1 Å². The zero-order chi connectivity index (χ0) is 17.3. The van der Waals surface area contributed by atoms with Crippen molar-refractivity contribution in [1.82, 2.24) is 4.98 Å². The van der Waals surface area contributed by atoms with Crippen molar-refractivity contribution in [2.24, 2.45) is 0 Å². The van der Waals surface area contributed by atoms with E-state index in [0.29, 0.717) is 16.8 Å². The van der Waals surface area contributed by atoms with Crippen molar-refractivity contribution in [3.8, 4) is 28.5 Å². The Bertz CT molecular complexity index is 1010. The summed E-state index contributed by atoms with van der Waals surface area (Å²) in [6.45, 7) is 3.94. The Morgan fingerprint density at radius 1 is 1.00 bits per heavy atom. The Labute approximate surface area is 139 Å². The van der Waals surface area contributed by atoms with Crippen LogP contribution in [0.2, 0.25) is 0 Å². The summed E-state index contributed by atoms with van der Waals surface area (Å²) < 4.78 is 13.1. The first-order valence-corrected chi connectivity index (χ1v) is 7.50. The van der Waals surface area contributed by atoms with Crippen molar-refractivity contribution < 1.29 is 4.39 Å². The van der Waals surface area contributed by atoms with Crippen LogP contribution < -0.4 is 5.56 Å². The predicted molar refractivity (Wildman–Crippen MR) is 92.1 cm³/mol. The fraction of sp³-hybridized carbons (Fsp3) is 0.100. The maximum absolute atomic E-state index is 13.1. The number of H-pyrrole nitrogens is 1. The van der Waals surface area contributed by atoms with E-state index in [4.69, 9.17) is 0 Å². The normalized spacial score (nSPS) is 10.4. The zero-order valence-electron chi connectivity index (χ0n) is 13.4. The minimum Gasteiger partial charge on any atom is -0.321 e. The molecule has 0 atom stereocenters. The molecule has 1 aromatic heterocycles. The van der Waals surface area contributed by atoms with Gasteiger partial charge in [0.2, 0.25) is 0 Å². The number of hydrogen-bond acceptors (Lipinski definition) is 2. The van der Waals surface area contributed by atoms with E-state index >= 15 is 0 Å². The molecule has 118 valence electrons. The molecule has 0 bridgehead atoms. The van der Waals surface area contributed by atoms with Crippen LogP contribution in [0.4, 0.5) is 4.39 Å². The predicted octanol–water partition coefficient (Wildman–Crippen LogP) is 4.34. The van der Waals surface area contributed by atoms with Gasteiger partial charge in [0.05, 0.1) is 0 Å². The van der Waals surface area contributed by atoms with Gasteiger partial charge in [0.25, 0.3) is 5.56 Å². The lowest BCUT2D eigenvalue weighted by molar-refractivity contribution is 0.628. The van der Waals surface area contributed by atoms with Crippen molar-refractivity contribution in [3.05, 3.63) is 81.4 Å². The Balaban J connectivity index is 2.27. The second-order valence-electron chi connectivity index (χ2n) is 5.74. The van der Waals surface area contributed by atoms with Crippen molar-refractivity contribution >= 4 is 0 Å². The molecule has 0 radical (unpaired) electrons. The van der Waals surface area contributed by atoms with Crippen LogP contribution in [0.5, 0.6) is 0 Å². The molecule has 2 aromatic carbocycles. The molecule has 3 rings (SSSR count). The molecule has 0 aliphatic rings. The molecule has 4 heteroatoms. The van der Waals surface area contributed by atoms with Gasteiger partial charge in [-0.3, -0.25) is 4.79 Å². The van der Waals surface area contributed by atoms with Crippen molar-refractivity contribution in [1.29, 1.82) is 5.26 Å². The van der Waals surface area contributed by atoms with Gasteiger partial charge in [0, 0.05) is 11.3 Å². The zero-order valence-corrected chi connectivity index (χ0v) is 13.4. The lowest BCUT2D eigenvalue weighted by atomic mass is 9.94. The summed E-state index contributed by atoms with van der Waals surface area (Å²) in [6.07, 6.45) is 0. The fourth-order valence-electron chi connectivity index (χ4n) is 2.78. The third kappa shape index (κ3) is 2.84. The van der Waals surface area contributed by atoms with Gasteiger partial charge in [-0.05, 0) is 60.9 Å². The lowest BCUT2D eigenvalue weighted by Crippen LogP contribution is -2.13. The number of aryl methyl sites for hydroxylation is 2. The molecule has 24 heavy (non-hydrogen) atoms. The Morgan fingerprint density at radius 3 is 2.33 bits per heavy atom. The first kappa shape index (κ1) is 15.7. The fourth-order valence-corrected chi connectivity index (χ4v) is 2.78. The average Bonchev–Trinajstić information content (AvgIpc) is 2.55. The molecular weight excluding hydrogens is 303 g/mol. The number of nitrogens with one attached hydrogen (secondary N) is 1. The highest BCUT2D eigenvalue weighted by Crippen LogP contribution is 2.29. The Kier molecular flexibility index (Phi) is 4.01. The molecule has 0 spiro atoms. The van der Waals surface area contributed by atoms with Crippen LogP contribution >= 0.6 is 0 Å². The minimum atomic E-state index is -0.450. The van der Waals surface area contributed by atoms with E-state index in [1.807, 2.05) is 38.1 Å². The summed E-state index contributed by atoms with van der Waals surface area (Å²) in [4.78, 5) is 15.0. The molecule has 1 N–H and O–H groups in total. The standard InChI is InChI=1S/C20H15FN2O/c1-12-3-8-16(13(2)9-12)17-10-19(23-20(24)18(17)11-22)14-4-6-15(21)7-5-14/h3-10H,1-2H3,(H,23,24). The number of aromatic nitrogens is 1. The largest absolute Gasteiger partial charge is 0.321 e. The topological polar surface area (TPSA) is 56.6 Å². The number of halogens is 1. The van der Waals surface area contributed by atoms with Crippen LogP contribution in [-0.4, -0.2) is 4.98 Å². The second kappa shape index (κ2) is 6.13. The summed E-state index contributed by atoms with van der Waals surface area (Å²) in [7, 11) is 0. The summed E-state index contributed by atoms with van der Waals surface area (Å²) in [6, 6.07) is 15.5. The van der Waals surface area contributed by atoms with Crippen molar-refractivity contribution in [3.63, 3.8) is 0 Å². The van der Waals surface area contributed by atoms with Crippen LogP contribution in [0.15, 0.2) is 53.3 Å². The molecule has 0 unspecified atom stereocenters. The van der Waals surface area contributed by atoms with Gasteiger partial charge in [-0.25, -0.2) is 4.39 Å². The van der Waals surface area contributed by atoms with E-state index in [-0.39, 0.29) is 11.4 Å². The van der Waals surface area contributed by atoms with Gasteiger partial charge < -0.3 is 4.98 Å². The molecule has 1 heterocycles. The maximum Gasteiger partial charge on any atom is 0.266 e. The molecule has 0 saturated carbocycles. The molecule has 0 aliphatic carbocycles. The monoisotopic (exact) mass is 318 g/mol. The summed E-state index contributed by atoms with van der Waals surface area (Å²) in [5, 5.41) is 9.38. The molecule has 0 aliphatic heterocycles. The van der Waals surface area contributed by atoms with Gasteiger partial charge in [-0.15, -0.1) is 0 Å². The second-order valence-corrected chi connectivity index (χ2v) is 5.74.